The van der Waals surface area contributed by atoms with Gasteiger partial charge in [-0.05, 0) is 99.7 Å². The summed E-state index contributed by atoms with van der Waals surface area (Å²) in [6.45, 7) is 16.7. The topological polar surface area (TPSA) is 368 Å². The van der Waals surface area contributed by atoms with Gasteiger partial charge in [-0.2, -0.15) is 0 Å². The average Bonchev–Trinajstić information content (AvgIpc) is 3.58. The number of hydrogen-bond acceptors (Lipinski definition) is 22. The van der Waals surface area contributed by atoms with Gasteiger partial charge in [0, 0.05) is 23.3 Å². The highest BCUT2D eigenvalue weighted by molar-refractivity contribution is 5.87. The van der Waals surface area contributed by atoms with E-state index in [1.54, 1.807) is 19.9 Å². The van der Waals surface area contributed by atoms with Crippen LogP contribution < -0.4 is 0 Å². The standard InChI is InChI=1S/C55H86O23/c1-11-23(2)46(70)78-44-43(67)55(22-71-25(4)58)27(18-50(44,5)6)26-12-13-30-51(7)16-15-32(52(8,21-57)29(51)14-17-53(30,9)54(26,10)19-31(55)59)74-49-42(77-48-38(65)36(63)34(61)28(20-56)73-48)40(39(66)41(76-49)45(68)69)75-47-37(64)35(62)33(60)24(3)72-47/h11-12,24,27-44,47-49,56-57,59-67H,13-22H2,1-10H3,(H,68,69)/b23-11-/t24-,27?,28+,29?,30?,31+,32-,33-,34-,35+,36-,37+,38+,39-,40-,41-,42+,43-,44-,47-,48-,49+,51-,52?,53+,54+,55-/m0/s1. The summed E-state index contributed by atoms with van der Waals surface area (Å²) >= 11 is 0. The summed E-state index contributed by atoms with van der Waals surface area (Å²) in [5.74, 6) is -3.75. The van der Waals surface area contributed by atoms with Gasteiger partial charge in [-0.1, -0.05) is 59.3 Å². The summed E-state index contributed by atoms with van der Waals surface area (Å²) in [6.07, 6.45) is -25.3. The molecular weight excluding hydrogens is 1030 g/mol. The second kappa shape index (κ2) is 22.1. The molecule has 0 bridgehead atoms. The molecule has 0 spiro atoms. The predicted molar refractivity (Wildman–Crippen MR) is 268 cm³/mol. The van der Waals surface area contributed by atoms with E-state index >= 15 is 0 Å². The van der Waals surface area contributed by atoms with Crippen molar-refractivity contribution in [1.82, 2.24) is 0 Å². The Balaban J connectivity index is 1.13. The Kier molecular flexibility index (Phi) is 17.3. The number of aliphatic hydroxyl groups excluding tert-OH is 11. The summed E-state index contributed by atoms with van der Waals surface area (Å²) in [4.78, 5) is 38.8. The van der Waals surface area contributed by atoms with Crippen LogP contribution in [0, 0.1) is 50.2 Å². The minimum absolute atomic E-state index is 0.0766. The number of carbonyl (C=O) groups excluding carboxylic acids is 2. The SMILES string of the molecule is C/C=C(/C)C(=O)O[C@H]1[C@H](O)[C@@]2(COC(C)=O)C(CC1(C)C)C1=CCC3[C@@]4(C)CC[C@H](O[C@@H]5O[C@H](C(=O)O)[C@@H](O)[C@H](O[C@@H]6O[C@@H](C)[C@H](O)[C@@H](O)[C@H]6O)[C@H]5O[C@@H]5O[C@H](CO)[C@H](O)[C@H](O)[C@H]5O)C(C)(CO)C4CC[C@@]3(C)[C@]1(C)C[C@H]2O. The molecule has 3 saturated heterocycles. The van der Waals surface area contributed by atoms with E-state index in [1.807, 2.05) is 20.8 Å². The van der Waals surface area contributed by atoms with E-state index in [0.29, 0.717) is 37.7 Å². The van der Waals surface area contributed by atoms with Gasteiger partial charge >= 0.3 is 17.9 Å². The van der Waals surface area contributed by atoms with E-state index in [1.165, 1.54) is 13.8 Å². The third-order valence-electron chi connectivity index (χ3n) is 21.0. The maximum absolute atomic E-state index is 13.3. The fourth-order valence-electron chi connectivity index (χ4n) is 16.1. The number of allylic oxidation sites excluding steroid dienone is 3. The van der Waals surface area contributed by atoms with E-state index in [-0.39, 0.29) is 31.3 Å². The molecule has 4 unspecified atom stereocenters. The van der Waals surface area contributed by atoms with Gasteiger partial charge in [-0.25, -0.2) is 9.59 Å². The highest BCUT2D eigenvalue weighted by Gasteiger charge is 2.74. The van der Waals surface area contributed by atoms with Crippen LogP contribution >= 0.6 is 0 Å². The third kappa shape index (κ3) is 9.72. The zero-order valence-electron chi connectivity index (χ0n) is 46.3. The molecule has 78 heavy (non-hydrogen) atoms. The van der Waals surface area contributed by atoms with E-state index in [4.69, 9.17) is 37.9 Å². The fraction of sp³-hybridized carbons (Fsp3) is 0.873. The van der Waals surface area contributed by atoms with Crippen LogP contribution in [0.25, 0.3) is 0 Å². The molecule has 7 fully saturated rings. The van der Waals surface area contributed by atoms with Crippen molar-refractivity contribution in [2.75, 3.05) is 19.8 Å². The van der Waals surface area contributed by atoms with Gasteiger partial charge < -0.3 is 99.2 Å². The monoisotopic (exact) mass is 1110 g/mol. The molecule has 0 aromatic rings. The molecule has 0 radical (unpaired) electrons. The highest BCUT2D eigenvalue weighted by atomic mass is 16.8. The molecule has 12 N–H and O–H groups in total. The summed E-state index contributed by atoms with van der Waals surface area (Å²) in [6, 6.07) is 0. The van der Waals surface area contributed by atoms with E-state index in [0.717, 1.165) is 5.57 Å². The van der Waals surface area contributed by atoms with Crippen LogP contribution in [0.15, 0.2) is 23.3 Å². The molecule has 0 amide bonds. The molecule has 0 aromatic heterocycles. The minimum Gasteiger partial charge on any atom is -0.479 e. The second-order valence-electron chi connectivity index (χ2n) is 25.6. The van der Waals surface area contributed by atoms with E-state index in [2.05, 4.69) is 26.8 Å². The van der Waals surface area contributed by atoms with Gasteiger partial charge in [0.1, 0.15) is 79.9 Å². The Morgan fingerprint density at radius 2 is 1.36 bits per heavy atom. The first-order valence-corrected chi connectivity index (χ1v) is 27.5. The molecule has 3 aliphatic heterocycles. The number of carboxylic acid groups (broad SMARTS) is 1. The molecule has 8 rings (SSSR count). The van der Waals surface area contributed by atoms with Gasteiger partial charge in [-0.3, -0.25) is 4.79 Å². The lowest BCUT2D eigenvalue weighted by molar-refractivity contribution is -0.396. The summed E-state index contributed by atoms with van der Waals surface area (Å²) in [5.41, 5.74) is -3.72. The first-order valence-electron chi connectivity index (χ1n) is 27.5. The van der Waals surface area contributed by atoms with Crippen molar-refractivity contribution in [2.45, 2.75) is 231 Å². The fourth-order valence-corrected chi connectivity index (χ4v) is 16.1. The number of ether oxygens (including phenoxy) is 8. The number of aliphatic carboxylic acids is 1. The van der Waals surface area contributed by atoms with Gasteiger partial charge in [0.05, 0.1) is 36.9 Å². The Bertz CT molecular complexity index is 2280. The minimum atomic E-state index is -2.16. The van der Waals surface area contributed by atoms with Crippen LogP contribution in [-0.2, 0) is 52.3 Å². The maximum Gasteiger partial charge on any atom is 0.335 e. The molecule has 5 aliphatic carbocycles. The molecule has 3 heterocycles. The normalized spacial score (nSPS) is 51.1. The number of hydrogen-bond donors (Lipinski definition) is 12. The molecular formula is C55H86O23. The van der Waals surface area contributed by atoms with Crippen LogP contribution in [0.4, 0.5) is 0 Å². The quantitative estimate of drug-likeness (QED) is 0.0488. The maximum atomic E-state index is 13.3. The smallest absolute Gasteiger partial charge is 0.335 e. The van der Waals surface area contributed by atoms with Crippen molar-refractivity contribution in [3.05, 3.63) is 23.3 Å². The number of carbonyl (C=O) groups is 3. The van der Waals surface area contributed by atoms with Crippen molar-refractivity contribution < 1.29 is 114 Å². The first kappa shape index (κ1) is 61.3. The molecule has 4 saturated carbocycles. The molecule has 23 nitrogen and oxygen atoms in total. The molecule has 0 aromatic carbocycles. The van der Waals surface area contributed by atoms with Crippen LogP contribution in [-0.4, -0.2) is 216 Å². The van der Waals surface area contributed by atoms with Crippen molar-refractivity contribution in [3.63, 3.8) is 0 Å². The number of fused-ring (bicyclic) bond motifs is 7. The average molecular weight is 1120 g/mol. The lowest BCUT2D eigenvalue weighted by atomic mass is 9.33. The largest absolute Gasteiger partial charge is 0.479 e. The Hall–Kier alpha value is -2.79. The Labute approximate surface area is 454 Å². The number of carboxylic acids is 1. The van der Waals surface area contributed by atoms with Crippen LogP contribution in [0.1, 0.15) is 114 Å². The lowest BCUT2D eigenvalue weighted by Crippen LogP contribution is -2.72. The number of esters is 2. The van der Waals surface area contributed by atoms with Crippen molar-refractivity contribution >= 4 is 17.9 Å². The zero-order chi connectivity index (χ0) is 57.7. The third-order valence-corrected chi connectivity index (χ3v) is 21.0. The summed E-state index contributed by atoms with van der Waals surface area (Å²) < 4.78 is 48.4. The number of aliphatic hydroxyl groups is 11. The first-order chi connectivity index (χ1) is 36.3. The highest BCUT2D eigenvalue weighted by Crippen LogP contribution is 2.76. The zero-order valence-corrected chi connectivity index (χ0v) is 46.3. The van der Waals surface area contributed by atoms with Gasteiger partial charge in [0.15, 0.2) is 25.0 Å². The number of rotatable bonds is 13. The predicted octanol–water partition coefficient (Wildman–Crippen LogP) is -0.293. The molecule has 23 heteroatoms. The van der Waals surface area contributed by atoms with E-state index in [9.17, 15) is 75.7 Å². The van der Waals surface area contributed by atoms with E-state index < -0.39 is 186 Å². The molecule has 444 valence electrons. The molecule has 27 atom stereocenters. The van der Waals surface area contributed by atoms with Crippen molar-refractivity contribution in [2.24, 2.45) is 50.2 Å². The van der Waals surface area contributed by atoms with Crippen LogP contribution in [0.3, 0.4) is 0 Å². The van der Waals surface area contributed by atoms with Crippen molar-refractivity contribution in [1.29, 1.82) is 0 Å². The van der Waals surface area contributed by atoms with Gasteiger partial charge in [0.25, 0.3) is 0 Å². The van der Waals surface area contributed by atoms with Gasteiger partial charge in [0.2, 0.25) is 0 Å². The lowest BCUT2D eigenvalue weighted by Gasteiger charge is -2.72. The van der Waals surface area contributed by atoms with Gasteiger partial charge in [-0.15, -0.1) is 0 Å². The van der Waals surface area contributed by atoms with Crippen molar-refractivity contribution in [3.8, 4) is 0 Å². The Morgan fingerprint density at radius 1 is 0.731 bits per heavy atom. The second-order valence-corrected chi connectivity index (χ2v) is 25.6. The van der Waals surface area contributed by atoms with Crippen LogP contribution in [0.2, 0.25) is 0 Å². The summed E-state index contributed by atoms with van der Waals surface area (Å²) in [5, 5.41) is 134. The molecule has 8 aliphatic rings. The van der Waals surface area contributed by atoms with Crippen LogP contribution in [0.5, 0.6) is 0 Å². The summed E-state index contributed by atoms with van der Waals surface area (Å²) in [7, 11) is 0. The Morgan fingerprint density at radius 3 is 1.96 bits per heavy atom.